The van der Waals surface area contributed by atoms with Gasteiger partial charge < -0.3 is 5.32 Å². The van der Waals surface area contributed by atoms with Crippen molar-refractivity contribution in [3.8, 4) is 0 Å². The number of halogens is 1. The Morgan fingerprint density at radius 3 is 2.86 bits per heavy atom. The Bertz CT molecular complexity index is 316. The molecule has 1 N–H and O–H groups in total. The summed E-state index contributed by atoms with van der Waals surface area (Å²) in [5.41, 5.74) is 0.631. The number of thioether (sulfide) groups is 1. The van der Waals surface area contributed by atoms with Gasteiger partial charge in [-0.2, -0.15) is 11.8 Å². The molecule has 3 heteroatoms. The standard InChI is InChI=1S/C11H14FNS/c1-8-10(6-7-14-8)13-11-5-3-2-4-9(11)12/h2-5,8,10,13H,6-7H2,1H3. The van der Waals surface area contributed by atoms with Crippen molar-refractivity contribution in [2.45, 2.75) is 24.6 Å². The van der Waals surface area contributed by atoms with Gasteiger partial charge in [0.2, 0.25) is 0 Å². The summed E-state index contributed by atoms with van der Waals surface area (Å²) >= 11 is 1.95. The van der Waals surface area contributed by atoms with Crippen LogP contribution in [0.15, 0.2) is 24.3 Å². The maximum Gasteiger partial charge on any atom is 0.146 e. The van der Waals surface area contributed by atoms with Gasteiger partial charge in [-0.1, -0.05) is 19.1 Å². The Morgan fingerprint density at radius 1 is 1.43 bits per heavy atom. The van der Waals surface area contributed by atoms with Crippen LogP contribution >= 0.6 is 11.8 Å². The third-order valence-corrected chi connectivity index (χ3v) is 3.92. The van der Waals surface area contributed by atoms with E-state index in [0.717, 1.165) is 6.42 Å². The maximum absolute atomic E-state index is 13.3. The maximum atomic E-state index is 13.3. The van der Waals surface area contributed by atoms with Crippen LogP contribution in [0.1, 0.15) is 13.3 Å². The topological polar surface area (TPSA) is 12.0 Å². The first-order valence-electron chi connectivity index (χ1n) is 4.90. The van der Waals surface area contributed by atoms with Crippen LogP contribution in [0.5, 0.6) is 0 Å². The van der Waals surface area contributed by atoms with E-state index in [4.69, 9.17) is 0 Å². The molecule has 2 rings (SSSR count). The lowest BCUT2D eigenvalue weighted by molar-refractivity contribution is 0.622. The van der Waals surface area contributed by atoms with Gasteiger partial charge in [0.25, 0.3) is 0 Å². The molecule has 1 aromatic carbocycles. The summed E-state index contributed by atoms with van der Waals surface area (Å²) in [6, 6.07) is 7.28. The van der Waals surface area contributed by atoms with Gasteiger partial charge in [0.05, 0.1) is 5.69 Å². The zero-order valence-corrected chi connectivity index (χ0v) is 8.98. The zero-order valence-electron chi connectivity index (χ0n) is 8.16. The molecule has 76 valence electrons. The van der Waals surface area contributed by atoms with Gasteiger partial charge in [0.15, 0.2) is 0 Å². The highest BCUT2D eigenvalue weighted by Crippen LogP contribution is 2.29. The zero-order chi connectivity index (χ0) is 9.97. The highest BCUT2D eigenvalue weighted by Gasteiger charge is 2.24. The number of nitrogens with one attached hydrogen (secondary N) is 1. The number of anilines is 1. The van der Waals surface area contributed by atoms with Crippen molar-refractivity contribution in [2.24, 2.45) is 0 Å². The van der Waals surface area contributed by atoms with Crippen LogP contribution in [0.4, 0.5) is 10.1 Å². The van der Waals surface area contributed by atoms with Gasteiger partial charge in [-0.15, -0.1) is 0 Å². The molecular weight excluding hydrogens is 197 g/mol. The van der Waals surface area contributed by atoms with E-state index in [2.05, 4.69) is 12.2 Å². The first-order valence-corrected chi connectivity index (χ1v) is 5.95. The molecular formula is C11H14FNS. The number of hydrogen-bond donors (Lipinski definition) is 1. The van der Waals surface area contributed by atoms with E-state index in [0.29, 0.717) is 17.0 Å². The summed E-state index contributed by atoms with van der Waals surface area (Å²) in [6.07, 6.45) is 1.13. The third kappa shape index (κ3) is 2.03. The molecule has 1 aliphatic heterocycles. The first kappa shape index (κ1) is 9.84. The summed E-state index contributed by atoms with van der Waals surface area (Å²) in [5.74, 6) is 1.02. The quantitative estimate of drug-likeness (QED) is 0.806. The van der Waals surface area contributed by atoms with Crippen LogP contribution in [0.2, 0.25) is 0 Å². The van der Waals surface area contributed by atoms with Crippen LogP contribution in [0, 0.1) is 5.82 Å². The number of rotatable bonds is 2. The lowest BCUT2D eigenvalue weighted by Crippen LogP contribution is -2.25. The van der Waals surface area contributed by atoms with Gasteiger partial charge in [0.1, 0.15) is 5.82 Å². The second-order valence-corrected chi connectivity index (χ2v) is 5.08. The van der Waals surface area contributed by atoms with E-state index in [1.807, 2.05) is 17.8 Å². The van der Waals surface area contributed by atoms with Crippen LogP contribution < -0.4 is 5.32 Å². The van der Waals surface area contributed by atoms with Crippen LogP contribution in [0.3, 0.4) is 0 Å². The largest absolute Gasteiger partial charge is 0.379 e. The molecule has 1 fully saturated rings. The third-order valence-electron chi connectivity index (χ3n) is 2.59. The molecule has 0 aromatic heterocycles. The minimum absolute atomic E-state index is 0.156. The average molecular weight is 211 g/mol. The molecule has 14 heavy (non-hydrogen) atoms. The van der Waals surface area contributed by atoms with Crippen molar-refractivity contribution in [1.29, 1.82) is 0 Å². The summed E-state index contributed by atoms with van der Waals surface area (Å²) in [5, 5.41) is 3.84. The van der Waals surface area contributed by atoms with Gasteiger partial charge in [-0.3, -0.25) is 0 Å². The second kappa shape index (κ2) is 4.22. The summed E-state index contributed by atoms with van der Waals surface area (Å²) < 4.78 is 13.3. The molecule has 0 bridgehead atoms. The minimum atomic E-state index is -0.156. The number of para-hydroxylation sites is 1. The molecule has 1 aromatic rings. The smallest absolute Gasteiger partial charge is 0.146 e. The summed E-state index contributed by atoms with van der Waals surface area (Å²) in [7, 11) is 0. The van der Waals surface area contributed by atoms with E-state index in [9.17, 15) is 4.39 Å². The fourth-order valence-electron chi connectivity index (χ4n) is 1.70. The van der Waals surface area contributed by atoms with Gasteiger partial charge in [0, 0.05) is 11.3 Å². The van der Waals surface area contributed by atoms with Crippen molar-refractivity contribution < 1.29 is 4.39 Å². The normalized spacial score (nSPS) is 26.4. The van der Waals surface area contributed by atoms with Crippen molar-refractivity contribution in [3.05, 3.63) is 30.1 Å². The SMILES string of the molecule is CC1SCCC1Nc1ccccc1F. The predicted octanol–water partition coefficient (Wildman–Crippen LogP) is 3.13. The highest BCUT2D eigenvalue weighted by molar-refractivity contribution is 8.00. The minimum Gasteiger partial charge on any atom is -0.379 e. The molecule has 0 aliphatic carbocycles. The van der Waals surface area contributed by atoms with Crippen molar-refractivity contribution in [2.75, 3.05) is 11.1 Å². The Kier molecular flexibility index (Phi) is 2.96. The Labute approximate surface area is 88.1 Å². The molecule has 1 saturated heterocycles. The molecule has 0 radical (unpaired) electrons. The second-order valence-electron chi connectivity index (χ2n) is 3.60. The van der Waals surface area contributed by atoms with Crippen molar-refractivity contribution in [1.82, 2.24) is 0 Å². The van der Waals surface area contributed by atoms with Crippen molar-refractivity contribution in [3.63, 3.8) is 0 Å². The lowest BCUT2D eigenvalue weighted by Gasteiger charge is -2.18. The molecule has 0 amide bonds. The molecule has 0 saturated carbocycles. The predicted molar refractivity (Wildman–Crippen MR) is 60.3 cm³/mol. The Morgan fingerprint density at radius 2 is 2.21 bits per heavy atom. The van der Waals surface area contributed by atoms with Crippen LogP contribution in [0.25, 0.3) is 0 Å². The van der Waals surface area contributed by atoms with E-state index < -0.39 is 0 Å². The lowest BCUT2D eigenvalue weighted by atomic mass is 10.1. The number of hydrogen-bond acceptors (Lipinski definition) is 2. The average Bonchev–Trinajstić information content (AvgIpc) is 2.56. The summed E-state index contributed by atoms with van der Waals surface area (Å²) in [6.45, 7) is 2.19. The van der Waals surface area contributed by atoms with Gasteiger partial charge in [-0.25, -0.2) is 4.39 Å². The molecule has 1 heterocycles. The molecule has 0 spiro atoms. The number of benzene rings is 1. The van der Waals surface area contributed by atoms with E-state index in [1.54, 1.807) is 12.1 Å². The first-order chi connectivity index (χ1) is 6.77. The molecule has 1 nitrogen and oxygen atoms in total. The Hall–Kier alpha value is -0.700. The van der Waals surface area contributed by atoms with Gasteiger partial charge in [-0.05, 0) is 24.3 Å². The van der Waals surface area contributed by atoms with E-state index in [-0.39, 0.29) is 5.82 Å². The van der Waals surface area contributed by atoms with Crippen LogP contribution in [-0.4, -0.2) is 17.0 Å². The molecule has 2 unspecified atom stereocenters. The molecule has 2 atom stereocenters. The highest BCUT2D eigenvalue weighted by atomic mass is 32.2. The van der Waals surface area contributed by atoms with Gasteiger partial charge >= 0.3 is 0 Å². The molecule has 1 aliphatic rings. The van der Waals surface area contributed by atoms with E-state index in [1.165, 1.54) is 11.8 Å². The fraction of sp³-hybridized carbons (Fsp3) is 0.455. The fourth-order valence-corrected chi connectivity index (χ4v) is 2.90. The van der Waals surface area contributed by atoms with Crippen molar-refractivity contribution >= 4 is 17.4 Å². The summed E-state index contributed by atoms with van der Waals surface area (Å²) in [4.78, 5) is 0. The van der Waals surface area contributed by atoms with E-state index >= 15 is 0 Å². The Balaban J connectivity index is 2.07. The monoisotopic (exact) mass is 211 g/mol. The van der Waals surface area contributed by atoms with Crippen LogP contribution in [-0.2, 0) is 0 Å².